The highest BCUT2D eigenvalue weighted by atomic mass is 19.1. The third-order valence-corrected chi connectivity index (χ3v) is 4.26. The number of rotatable bonds is 3. The highest BCUT2D eigenvalue weighted by molar-refractivity contribution is 6.04. The molecule has 0 fully saturated rings. The molecule has 0 unspecified atom stereocenters. The Bertz CT molecular complexity index is 1130. The average molecular weight is 370 g/mol. The van der Waals surface area contributed by atoms with E-state index >= 15 is 0 Å². The van der Waals surface area contributed by atoms with Crippen LogP contribution in [0.1, 0.15) is 15.9 Å². The van der Waals surface area contributed by atoms with Crippen molar-refractivity contribution in [3.8, 4) is 0 Å². The van der Waals surface area contributed by atoms with Gasteiger partial charge >= 0.3 is 0 Å². The fourth-order valence-electron chi connectivity index (χ4n) is 3.07. The van der Waals surface area contributed by atoms with Crippen molar-refractivity contribution in [1.82, 2.24) is 0 Å². The first-order valence-electron chi connectivity index (χ1n) is 7.92. The van der Waals surface area contributed by atoms with Crippen molar-refractivity contribution in [3.63, 3.8) is 0 Å². The maximum atomic E-state index is 14.5. The second kappa shape index (κ2) is 6.12. The van der Waals surface area contributed by atoms with Crippen LogP contribution >= 0.6 is 0 Å². The fraction of sp³-hybridized carbons (Fsp3) is 0.0500. The Kier molecular flexibility index (Phi) is 3.87. The van der Waals surface area contributed by atoms with Crippen molar-refractivity contribution in [2.75, 3.05) is 0 Å². The van der Waals surface area contributed by atoms with Gasteiger partial charge in [0.15, 0.2) is 0 Å². The van der Waals surface area contributed by atoms with Crippen molar-refractivity contribution in [1.29, 1.82) is 0 Å². The third kappa shape index (κ3) is 2.54. The minimum absolute atomic E-state index is 0.185. The molecule has 4 rings (SSSR count). The molecule has 0 saturated heterocycles. The van der Waals surface area contributed by atoms with E-state index in [1.165, 1.54) is 12.1 Å². The number of ketones is 1. The number of carbonyl (C=O) groups excluding carboxylic acids is 1. The summed E-state index contributed by atoms with van der Waals surface area (Å²) >= 11 is 0. The molecule has 3 aromatic rings. The van der Waals surface area contributed by atoms with Gasteiger partial charge in [0, 0.05) is 0 Å². The van der Waals surface area contributed by atoms with Crippen molar-refractivity contribution < 1.29 is 22.4 Å². The number of nitrogens with zero attached hydrogens (tertiary/aromatic N) is 2. The van der Waals surface area contributed by atoms with Crippen molar-refractivity contribution >= 4 is 5.78 Å². The summed E-state index contributed by atoms with van der Waals surface area (Å²) in [5.74, 6) is -5.82. The number of hydrogen-bond acceptors (Lipinski definition) is 3. The van der Waals surface area contributed by atoms with Crippen LogP contribution < -0.4 is 10.7 Å². The molecule has 0 amide bonds. The van der Waals surface area contributed by atoms with Gasteiger partial charge in [-0.3, -0.25) is 4.79 Å². The molecule has 0 atom stereocenters. The normalized spacial score (nSPS) is 14.2. The van der Waals surface area contributed by atoms with Crippen molar-refractivity contribution in [2.24, 2.45) is 9.98 Å². The van der Waals surface area contributed by atoms with Gasteiger partial charge in [0.1, 0.15) is 23.3 Å². The van der Waals surface area contributed by atoms with Crippen LogP contribution in [-0.2, 0) is 5.66 Å². The standard InChI is InChI=1S/C20H10F4N2O/c21-11-5-3-6-12(22)17(11)19(27)20(18-13(23)7-4-8-14(18)24)25-15-9-1-2-10-16(15)26-20/h1-10H. The zero-order chi connectivity index (χ0) is 19.2. The van der Waals surface area contributed by atoms with Gasteiger partial charge in [0.05, 0.1) is 21.8 Å². The quantitative estimate of drug-likeness (QED) is 0.516. The maximum absolute atomic E-state index is 14.5. The molecule has 27 heavy (non-hydrogen) atoms. The summed E-state index contributed by atoms with van der Waals surface area (Å²) in [5.41, 5.74) is -4.24. The van der Waals surface area contributed by atoms with Gasteiger partial charge in [0.25, 0.3) is 0 Å². The average Bonchev–Trinajstić information content (AvgIpc) is 3.01. The van der Waals surface area contributed by atoms with Crippen LogP contribution in [0.15, 0.2) is 70.6 Å². The molecule has 3 aromatic carbocycles. The fourth-order valence-corrected chi connectivity index (χ4v) is 3.07. The van der Waals surface area contributed by atoms with E-state index in [2.05, 4.69) is 9.98 Å². The molecule has 1 aliphatic rings. The Morgan fingerprint density at radius 3 is 1.59 bits per heavy atom. The summed E-state index contributed by atoms with van der Waals surface area (Å²) in [6, 6.07) is 12.0. The number of carbonyl (C=O) groups is 1. The van der Waals surface area contributed by atoms with Crippen LogP contribution in [0.3, 0.4) is 0 Å². The van der Waals surface area contributed by atoms with Gasteiger partial charge in [-0.15, -0.1) is 0 Å². The van der Waals surface area contributed by atoms with E-state index < -0.39 is 45.8 Å². The molecule has 0 N–H and O–H groups in total. The van der Waals surface area contributed by atoms with E-state index in [9.17, 15) is 22.4 Å². The van der Waals surface area contributed by atoms with Gasteiger partial charge in [-0.05, 0) is 36.4 Å². The molecule has 0 radical (unpaired) electrons. The van der Waals surface area contributed by atoms with E-state index in [0.717, 1.165) is 36.4 Å². The van der Waals surface area contributed by atoms with Crippen LogP contribution in [0.4, 0.5) is 17.6 Å². The van der Waals surface area contributed by atoms with Crippen molar-refractivity contribution in [2.45, 2.75) is 5.66 Å². The number of Topliss-reactive ketones (excluding diaryl/α,β-unsaturated/α-hetero) is 1. The predicted molar refractivity (Wildman–Crippen MR) is 87.5 cm³/mol. The topological polar surface area (TPSA) is 41.8 Å². The Hall–Kier alpha value is -3.35. The lowest BCUT2D eigenvalue weighted by atomic mass is 9.90. The minimum Gasteiger partial charge on any atom is -0.289 e. The molecule has 0 saturated carbocycles. The summed E-state index contributed by atoms with van der Waals surface area (Å²) in [4.78, 5) is 21.4. The zero-order valence-electron chi connectivity index (χ0n) is 13.6. The summed E-state index contributed by atoms with van der Waals surface area (Å²) in [7, 11) is 0. The van der Waals surface area contributed by atoms with E-state index in [4.69, 9.17) is 0 Å². The third-order valence-electron chi connectivity index (χ3n) is 4.26. The van der Waals surface area contributed by atoms with Crippen LogP contribution in [0.2, 0.25) is 0 Å². The van der Waals surface area contributed by atoms with Gasteiger partial charge in [-0.1, -0.05) is 24.3 Å². The number of hydrogen-bond donors (Lipinski definition) is 0. The second-order valence-electron chi connectivity index (χ2n) is 5.91. The molecule has 0 aromatic heterocycles. The van der Waals surface area contributed by atoms with Crippen LogP contribution in [0.5, 0.6) is 0 Å². The highest BCUT2D eigenvalue weighted by Gasteiger charge is 2.48. The molecule has 0 aliphatic carbocycles. The smallest absolute Gasteiger partial charge is 0.246 e. The van der Waals surface area contributed by atoms with E-state index in [0.29, 0.717) is 0 Å². The molecular formula is C20H10F4N2O. The summed E-state index contributed by atoms with van der Waals surface area (Å²) < 4.78 is 57.6. The first-order chi connectivity index (χ1) is 12.9. The van der Waals surface area contributed by atoms with E-state index in [1.54, 1.807) is 12.1 Å². The van der Waals surface area contributed by atoms with Crippen LogP contribution in [0, 0.1) is 23.3 Å². The lowest BCUT2D eigenvalue weighted by molar-refractivity contribution is 0.0877. The molecule has 3 nitrogen and oxygen atoms in total. The molecule has 0 bridgehead atoms. The Morgan fingerprint density at radius 1 is 0.667 bits per heavy atom. The SMILES string of the molecule is O=C(c1c(F)cccc1F)C1(c2c(F)cccc2F)N=c2ccccc2=N1. The molecule has 1 aliphatic heterocycles. The largest absolute Gasteiger partial charge is 0.289 e. The maximum Gasteiger partial charge on any atom is 0.246 e. The Morgan fingerprint density at radius 2 is 1.11 bits per heavy atom. The van der Waals surface area contributed by atoms with E-state index in [1.807, 2.05) is 0 Å². The molecule has 0 spiro atoms. The van der Waals surface area contributed by atoms with Crippen LogP contribution in [-0.4, -0.2) is 5.78 Å². The molecular weight excluding hydrogens is 360 g/mol. The van der Waals surface area contributed by atoms with E-state index in [-0.39, 0.29) is 10.7 Å². The monoisotopic (exact) mass is 370 g/mol. The minimum atomic E-state index is -2.50. The first kappa shape index (κ1) is 17.1. The number of halogens is 4. The van der Waals surface area contributed by atoms with Crippen LogP contribution in [0.25, 0.3) is 0 Å². The first-order valence-corrected chi connectivity index (χ1v) is 7.92. The summed E-state index contributed by atoms with van der Waals surface area (Å²) in [6.45, 7) is 0. The van der Waals surface area contributed by atoms with Gasteiger partial charge < -0.3 is 0 Å². The van der Waals surface area contributed by atoms with Crippen molar-refractivity contribution in [3.05, 3.63) is 106 Å². The number of para-hydroxylation sites is 2. The Balaban J connectivity index is 2.09. The second-order valence-corrected chi connectivity index (χ2v) is 5.91. The predicted octanol–water partition coefficient (Wildman–Crippen LogP) is 3.23. The summed E-state index contributed by atoms with van der Waals surface area (Å²) in [5, 5.41) is 0.371. The lowest BCUT2D eigenvalue weighted by Gasteiger charge is -2.23. The van der Waals surface area contributed by atoms with Gasteiger partial charge in [-0.2, -0.15) is 0 Å². The van der Waals surface area contributed by atoms with Gasteiger partial charge in [-0.25, -0.2) is 27.5 Å². The molecule has 134 valence electrons. The Labute approximate surface area is 150 Å². The highest BCUT2D eigenvalue weighted by Crippen LogP contribution is 2.37. The lowest BCUT2D eigenvalue weighted by Crippen LogP contribution is -2.35. The number of fused-ring (bicyclic) bond motifs is 1. The molecule has 1 heterocycles. The zero-order valence-corrected chi connectivity index (χ0v) is 13.6. The summed E-state index contributed by atoms with van der Waals surface area (Å²) in [6.07, 6.45) is 0. The number of benzene rings is 3. The van der Waals surface area contributed by atoms with Gasteiger partial charge in [0.2, 0.25) is 11.4 Å². The molecule has 7 heteroatoms.